The zero-order valence-electron chi connectivity index (χ0n) is 42.4. The fourth-order valence-corrected chi connectivity index (χ4v) is 12.5. The van der Waals surface area contributed by atoms with Crippen LogP contribution in [0.15, 0.2) is 24.3 Å². The van der Waals surface area contributed by atoms with Gasteiger partial charge in [0.25, 0.3) is 0 Å². The number of hydrogen-bond donors (Lipinski definition) is 2. The van der Waals surface area contributed by atoms with Gasteiger partial charge in [0.2, 0.25) is 0 Å². The molecule has 63 heavy (non-hydrogen) atoms. The van der Waals surface area contributed by atoms with Crippen molar-refractivity contribution in [2.75, 3.05) is 26.4 Å². The van der Waals surface area contributed by atoms with Crippen LogP contribution >= 0.6 is 0 Å². The second kappa shape index (κ2) is 31.3. The van der Waals surface area contributed by atoms with Crippen molar-refractivity contribution in [3.63, 3.8) is 0 Å². The Morgan fingerprint density at radius 3 is 1.94 bits per heavy atom. The SMILES string of the molecule is C=C(C)C(=O)OCC(CCO)CC(C)C(CC(=C)C(=O)OCC(CO)CC1CCC(C(C)CCC(C)CCCCC)CC1)CC(C)C1CCC2CC(CCCCCCC)CCC2C1. The van der Waals surface area contributed by atoms with Crippen molar-refractivity contribution in [1.82, 2.24) is 0 Å². The third-order valence-corrected chi connectivity index (χ3v) is 17.1. The molecule has 0 amide bonds. The summed E-state index contributed by atoms with van der Waals surface area (Å²) in [5.41, 5.74) is 0.904. The molecule has 0 saturated heterocycles. The first-order chi connectivity index (χ1) is 30.3. The highest BCUT2D eigenvalue weighted by Gasteiger charge is 2.38. The number of rotatable bonds is 33. The molecule has 11 unspecified atom stereocenters. The molecule has 0 aromatic rings. The van der Waals surface area contributed by atoms with Crippen LogP contribution in [0.5, 0.6) is 0 Å². The van der Waals surface area contributed by atoms with Crippen LogP contribution in [-0.2, 0) is 19.1 Å². The Hall–Kier alpha value is -1.66. The number of esters is 2. The Balaban J connectivity index is 1.55. The number of hydrogen-bond acceptors (Lipinski definition) is 6. The molecule has 6 heteroatoms. The van der Waals surface area contributed by atoms with E-state index in [0.717, 1.165) is 54.8 Å². The minimum Gasteiger partial charge on any atom is -0.462 e. The maximum atomic E-state index is 13.7. The topological polar surface area (TPSA) is 93.1 Å². The van der Waals surface area contributed by atoms with E-state index in [1.165, 1.54) is 141 Å². The van der Waals surface area contributed by atoms with Gasteiger partial charge in [-0.2, -0.15) is 0 Å². The third-order valence-electron chi connectivity index (χ3n) is 17.1. The van der Waals surface area contributed by atoms with Crippen molar-refractivity contribution < 1.29 is 29.3 Å². The average Bonchev–Trinajstić information content (AvgIpc) is 3.28. The third kappa shape index (κ3) is 21.2. The van der Waals surface area contributed by atoms with Crippen molar-refractivity contribution in [2.24, 2.45) is 76.9 Å². The van der Waals surface area contributed by atoms with E-state index < -0.39 is 0 Å². The first-order valence-electron chi connectivity index (χ1n) is 27.2. The summed E-state index contributed by atoms with van der Waals surface area (Å²) in [7, 11) is 0. The average molecular weight is 883 g/mol. The van der Waals surface area contributed by atoms with Crippen LogP contribution in [-0.4, -0.2) is 48.6 Å². The van der Waals surface area contributed by atoms with Gasteiger partial charge in [-0.25, -0.2) is 9.59 Å². The van der Waals surface area contributed by atoms with E-state index in [1.807, 2.05) is 0 Å². The van der Waals surface area contributed by atoms with Gasteiger partial charge in [-0.05, 0) is 155 Å². The van der Waals surface area contributed by atoms with Gasteiger partial charge in [0.1, 0.15) is 0 Å². The zero-order chi connectivity index (χ0) is 46.1. The molecule has 11 atom stereocenters. The van der Waals surface area contributed by atoms with E-state index in [-0.39, 0.29) is 62.0 Å². The van der Waals surface area contributed by atoms with Crippen LogP contribution in [0.1, 0.15) is 222 Å². The molecule has 0 aromatic heterocycles. The zero-order valence-corrected chi connectivity index (χ0v) is 42.4. The molecule has 3 rings (SSSR count). The summed E-state index contributed by atoms with van der Waals surface area (Å²) in [6.45, 7) is 24.5. The summed E-state index contributed by atoms with van der Waals surface area (Å²) in [4.78, 5) is 26.0. The summed E-state index contributed by atoms with van der Waals surface area (Å²) in [5.74, 6) is 6.65. The molecule has 3 fully saturated rings. The molecule has 3 aliphatic carbocycles. The Bertz CT molecular complexity index is 1270. The molecular formula is C57H102O6. The van der Waals surface area contributed by atoms with Crippen molar-refractivity contribution in [2.45, 2.75) is 222 Å². The number of fused-ring (bicyclic) bond motifs is 1. The first kappa shape index (κ1) is 55.7. The number of unbranched alkanes of at least 4 members (excludes halogenated alkanes) is 6. The van der Waals surface area contributed by atoms with Gasteiger partial charge < -0.3 is 19.7 Å². The maximum absolute atomic E-state index is 13.7. The Morgan fingerprint density at radius 1 is 0.635 bits per heavy atom. The number of ether oxygens (including phenoxy) is 2. The monoisotopic (exact) mass is 883 g/mol. The van der Waals surface area contributed by atoms with E-state index >= 15 is 0 Å². The van der Waals surface area contributed by atoms with Crippen LogP contribution < -0.4 is 0 Å². The van der Waals surface area contributed by atoms with Crippen molar-refractivity contribution in [3.05, 3.63) is 24.3 Å². The standard InChI is InChI=1S/C57H102O6/c1-10-12-14-15-17-19-47-24-27-54-37-52(28-29-53(54)36-47)45(8)33-55(44(7)32-49(30-31-58)39-62-56(60)41(3)4)34-46(9)57(61)63-40-50(38-59)35-48-22-25-51(26-23-48)43(6)21-20-42(5)18-16-13-11-2/h42-45,47-55,58-59H,3,9-40H2,1-2,4-8H3. The summed E-state index contributed by atoms with van der Waals surface area (Å²) in [6.07, 6.45) is 33.5. The predicted molar refractivity (Wildman–Crippen MR) is 264 cm³/mol. The smallest absolute Gasteiger partial charge is 0.333 e. The minimum atomic E-state index is -0.388. The van der Waals surface area contributed by atoms with Gasteiger partial charge in [-0.1, -0.05) is 151 Å². The second-order valence-electron chi connectivity index (χ2n) is 22.5. The number of carbonyl (C=O) groups is 2. The van der Waals surface area contributed by atoms with Gasteiger partial charge >= 0.3 is 11.9 Å². The van der Waals surface area contributed by atoms with Crippen LogP contribution in [0.25, 0.3) is 0 Å². The number of aliphatic hydroxyl groups is 2. The van der Waals surface area contributed by atoms with Gasteiger partial charge in [0.15, 0.2) is 0 Å². The molecule has 0 aromatic carbocycles. The highest BCUT2D eigenvalue weighted by Crippen LogP contribution is 2.49. The molecule has 0 aliphatic heterocycles. The molecule has 0 heterocycles. The van der Waals surface area contributed by atoms with Crippen LogP contribution in [0.4, 0.5) is 0 Å². The molecule has 3 aliphatic rings. The molecule has 2 N–H and O–H groups in total. The predicted octanol–water partition coefficient (Wildman–Crippen LogP) is 14.9. The van der Waals surface area contributed by atoms with E-state index in [2.05, 4.69) is 54.7 Å². The van der Waals surface area contributed by atoms with Crippen LogP contribution in [0.2, 0.25) is 0 Å². The lowest BCUT2D eigenvalue weighted by molar-refractivity contribution is -0.142. The Kier molecular flexibility index (Phi) is 27.7. The van der Waals surface area contributed by atoms with Crippen LogP contribution in [0.3, 0.4) is 0 Å². The lowest BCUT2D eigenvalue weighted by atomic mass is 9.61. The van der Waals surface area contributed by atoms with Gasteiger partial charge in [-0.15, -0.1) is 0 Å². The fourth-order valence-electron chi connectivity index (χ4n) is 12.5. The minimum absolute atomic E-state index is 0.0243. The normalized spacial score (nSPS) is 26.0. The fraction of sp³-hybridized carbons (Fsp3) is 0.895. The maximum Gasteiger partial charge on any atom is 0.333 e. The number of aliphatic hydroxyl groups excluding tert-OH is 2. The van der Waals surface area contributed by atoms with E-state index in [4.69, 9.17) is 9.47 Å². The van der Waals surface area contributed by atoms with Crippen molar-refractivity contribution in [3.8, 4) is 0 Å². The molecule has 0 bridgehead atoms. The summed E-state index contributed by atoms with van der Waals surface area (Å²) in [6, 6.07) is 0. The van der Waals surface area contributed by atoms with Gasteiger partial charge in [-0.3, -0.25) is 0 Å². The summed E-state index contributed by atoms with van der Waals surface area (Å²) >= 11 is 0. The lowest BCUT2D eigenvalue weighted by Crippen LogP contribution is -2.34. The molecule has 366 valence electrons. The van der Waals surface area contributed by atoms with Crippen LogP contribution in [0, 0.1) is 76.9 Å². The molecule has 0 radical (unpaired) electrons. The summed E-state index contributed by atoms with van der Waals surface area (Å²) < 4.78 is 11.6. The Labute approximate surface area is 389 Å². The van der Waals surface area contributed by atoms with E-state index in [9.17, 15) is 19.8 Å². The number of carbonyl (C=O) groups excluding carboxylic acids is 2. The highest BCUT2D eigenvalue weighted by atomic mass is 16.5. The summed E-state index contributed by atoms with van der Waals surface area (Å²) in [5, 5.41) is 20.4. The van der Waals surface area contributed by atoms with Crippen molar-refractivity contribution in [1.29, 1.82) is 0 Å². The largest absolute Gasteiger partial charge is 0.462 e. The van der Waals surface area contributed by atoms with E-state index in [1.54, 1.807) is 6.92 Å². The molecule has 6 nitrogen and oxygen atoms in total. The first-order valence-corrected chi connectivity index (χ1v) is 27.2. The van der Waals surface area contributed by atoms with Gasteiger partial charge in [0, 0.05) is 30.3 Å². The highest BCUT2D eigenvalue weighted by molar-refractivity contribution is 5.87. The molecule has 0 spiro atoms. The lowest BCUT2D eigenvalue weighted by Gasteiger charge is -2.44. The van der Waals surface area contributed by atoms with E-state index in [0.29, 0.717) is 41.7 Å². The second-order valence-corrected chi connectivity index (χ2v) is 22.5. The quantitative estimate of drug-likeness (QED) is 0.0387. The molecule has 3 saturated carbocycles. The molecular weight excluding hydrogens is 781 g/mol. The van der Waals surface area contributed by atoms with Crippen molar-refractivity contribution >= 4 is 11.9 Å². The van der Waals surface area contributed by atoms with Gasteiger partial charge in [0.05, 0.1) is 13.2 Å². The Morgan fingerprint density at radius 2 is 1.25 bits per heavy atom.